The minimum absolute atomic E-state index is 0.351. The van der Waals surface area contributed by atoms with Gasteiger partial charge in [-0.1, -0.05) is 34.8 Å². The van der Waals surface area contributed by atoms with Crippen molar-refractivity contribution in [1.29, 1.82) is 0 Å². The smallest absolute Gasteiger partial charge is 0.183 e. The summed E-state index contributed by atoms with van der Waals surface area (Å²) < 4.78 is 0. The number of anilines is 2. The predicted octanol–water partition coefficient (Wildman–Crippen LogP) is 4.12. The molecule has 0 saturated carbocycles. The van der Waals surface area contributed by atoms with E-state index in [-0.39, 0.29) is 0 Å². The van der Waals surface area contributed by atoms with E-state index in [2.05, 4.69) is 25.7 Å². The molecule has 0 amide bonds. The van der Waals surface area contributed by atoms with E-state index in [1.54, 1.807) is 30.3 Å². The summed E-state index contributed by atoms with van der Waals surface area (Å²) in [5.74, 6) is 0.441. The fraction of sp³-hybridized carbons (Fsp3) is 0. The van der Waals surface area contributed by atoms with Gasteiger partial charge in [-0.2, -0.15) is 0 Å². The van der Waals surface area contributed by atoms with E-state index >= 15 is 0 Å². The number of hydrogen-bond acceptors (Lipinski definition) is 5. The van der Waals surface area contributed by atoms with E-state index in [4.69, 9.17) is 34.8 Å². The number of rotatable bonds is 2. The van der Waals surface area contributed by atoms with Crippen LogP contribution in [0.2, 0.25) is 15.2 Å². The lowest BCUT2D eigenvalue weighted by molar-refractivity contribution is 0.897. The Hall–Kier alpha value is -1.69. The summed E-state index contributed by atoms with van der Waals surface area (Å²) >= 11 is 17.7. The summed E-state index contributed by atoms with van der Waals surface area (Å²) in [5.41, 5.74) is 1.83. The molecule has 5 nitrogen and oxygen atoms in total. The Kier molecular flexibility index (Phi) is 3.56. The first kappa shape index (κ1) is 13.3. The molecule has 1 N–H and O–H groups in total. The SMILES string of the molecule is Clc1ccc2nnnc(Nc3ccc(Cl)c(Cl)c3)c2n1. The zero-order valence-electron chi connectivity index (χ0n) is 9.81. The van der Waals surface area contributed by atoms with Crippen molar-refractivity contribution in [2.75, 3.05) is 5.32 Å². The van der Waals surface area contributed by atoms with Crippen molar-refractivity contribution in [2.24, 2.45) is 0 Å². The van der Waals surface area contributed by atoms with Crippen LogP contribution in [0.1, 0.15) is 0 Å². The number of hydrogen-bond donors (Lipinski definition) is 1. The highest BCUT2D eigenvalue weighted by Gasteiger charge is 2.08. The molecule has 2 aromatic heterocycles. The van der Waals surface area contributed by atoms with Gasteiger partial charge in [-0.25, -0.2) is 4.98 Å². The van der Waals surface area contributed by atoms with E-state index in [1.807, 2.05) is 0 Å². The summed E-state index contributed by atoms with van der Waals surface area (Å²) in [5, 5.41) is 15.8. The van der Waals surface area contributed by atoms with Crippen LogP contribution in [0.4, 0.5) is 11.5 Å². The minimum Gasteiger partial charge on any atom is -0.337 e. The highest BCUT2D eigenvalue weighted by Crippen LogP contribution is 2.28. The maximum atomic E-state index is 5.97. The van der Waals surface area contributed by atoms with E-state index < -0.39 is 0 Å². The van der Waals surface area contributed by atoms with Gasteiger partial charge < -0.3 is 5.32 Å². The van der Waals surface area contributed by atoms with Crippen LogP contribution < -0.4 is 5.32 Å². The second-order valence-corrected chi connectivity index (χ2v) is 5.10. The topological polar surface area (TPSA) is 63.6 Å². The molecule has 0 atom stereocenters. The van der Waals surface area contributed by atoms with Gasteiger partial charge in [0.15, 0.2) is 5.82 Å². The molecule has 3 rings (SSSR count). The molecule has 0 aliphatic heterocycles. The van der Waals surface area contributed by atoms with Gasteiger partial charge in [0.05, 0.1) is 10.0 Å². The van der Waals surface area contributed by atoms with Crippen LogP contribution in [0.3, 0.4) is 0 Å². The molecule has 8 heteroatoms. The minimum atomic E-state index is 0.351. The number of fused-ring (bicyclic) bond motifs is 1. The quantitative estimate of drug-likeness (QED) is 0.718. The molecular formula is C12H6Cl3N5. The number of nitrogens with zero attached hydrogens (tertiary/aromatic N) is 4. The summed E-state index contributed by atoms with van der Waals surface area (Å²) in [6.07, 6.45) is 0. The van der Waals surface area contributed by atoms with Crippen LogP contribution in [-0.4, -0.2) is 20.4 Å². The Labute approximate surface area is 128 Å². The summed E-state index contributed by atoms with van der Waals surface area (Å²) in [6, 6.07) is 8.50. The zero-order chi connectivity index (χ0) is 14.1. The summed E-state index contributed by atoms with van der Waals surface area (Å²) in [7, 11) is 0. The Morgan fingerprint density at radius 2 is 1.75 bits per heavy atom. The Morgan fingerprint density at radius 3 is 2.55 bits per heavy atom. The molecule has 0 aliphatic carbocycles. The van der Waals surface area contributed by atoms with Gasteiger partial charge in [0, 0.05) is 5.69 Å². The number of nitrogens with one attached hydrogen (secondary N) is 1. The van der Waals surface area contributed by atoms with Gasteiger partial charge in [0.1, 0.15) is 16.2 Å². The third-order valence-corrected chi connectivity index (χ3v) is 3.49. The molecule has 3 aromatic rings. The number of aromatic nitrogens is 4. The first-order valence-electron chi connectivity index (χ1n) is 5.51. The zero-order valence-corrected chi connectivity index (χ0v) is 12.1. The van der Waals surface area contributed by atoms with Gasteiger partial charge >= 0.3 is 0 Å². The molecule has 20 heavy (non-hydrogen) atoms. The highest BCUT2D eigenvalue weighted by molar-refractivity contribution is 6.42. The maximum absolute atomic E-state index is 5.97. The molecule has 0 radical (unpaired) electrons. The molecule has 0 bridgehead atoms. The van der Waals surface area contributed by atoms with Crippen molar-refractivity contribution in [3.63, 3.8) is 0 Å². The average Bonchev–Trinajstić information content (AvgIpc) is 2.44. The summed E-state index contributed by atoms with van der Waals surface area (Å²) in [4.78, 5) is 4.19. The molecule has 2 heterocycles. The van der Waals surface area contributed by atoms with Crippen molar-refractivity contribution >= 4 is 57.3 Å². The lowest BCUT2D eigenvalue weighted by Crippen LogP contribution is -2.00. The van der Waals surface area contributed by atoms with Gasteiger partial charge in [-0.15, -0.1) is 10.2 Å². The van der Waals surface area contributed by atoms with E-state index in [0.29, 0.717) is 37.7 Å². The highest BCUT2D eigenvalue weighted by atomic mass is 35.5. The van der Waals surface area contributed by atoms with Crippen molar-refractivity contribution in [3.8, 4) is 0 Å². The second kappa shape index (κ2) is 5.36. The van der Waals surface area contributed by atoms with Crippen molar-refractivity contribution in [1.82, 2.24) is 20.4 Å². The van der Waals surface area contributed by atoms with Gasteiger partial charge in [0.25, 0.3) is 0 Å². The third-order valence-electron chi connectivity index (χ3n) is 2.54. The van der Waals surface area contributed by atoms with E-state index in [1.165, 1.54) is 0 Å². The van der Waals surface area contributed by atoms with Gasteiger partial charge in [-0.05, 0) is 35.5 Å². The first-order valence-corrected chi connectivity index (χ1v) is 6.64. The van der Waals surface area contributed by atoms with Gasteiger partial charge in [-0.3, -0.25) is 0 Å². The fourth-order valence-electron chi connectivity index (χ4n) is 1.64. The molecular weight excluding hydrogens is 321 g/mol. The summed E-state index contributed by atoms with van der Waals surface area (Å²) in [6.45, 7) is 0. The Balaban J connectivity index is 2.05. The molecule has 0 saturated heterocycles. The number of pyridine rings is 1. The Morgan fingerprint density at radius 1 is 0.900 bits per heavy atom. The van der Waals surface area contributed by atoms with Crippen LogP contribution in [0, 0.1) is 0 Å². The van der Waals surface area contributed by atoms with Crippen LogP contribution in [-0.2, 0) is 0 Å². The third kappa shape index (κ3) is 2.60. The predicted molar refractivity (Wildman–Crippen MR) is 79.9 cm³/mol. The molecule has 0 spiro atoms. The first-order chi connectivity index (χ1) is 9.63. The van der Waals surface area contributed by atoms with Crippen LogP contribution in [0.25, 0.3) is 11.0 Å². The van der Waals surface area contributed by atoms with E-state index in [9.17, 15) is 0 Å². The largest absolute Gasteiger partial charge is 0.337 e. The fourth-order valence-corrected chi connectivity index (χ4v) is 2.09. The van der Waals surface area contributed by atoms with Gasteiger partial charge in [0.2, 0.25) is 0 Å². The standard InChI is InChI=1S/C12H6Cl3N5/c13-7-2-1-6(5-8(7)14)16-12-11-9(18-20-19-12)3-4-10(15)17-11/h1-5H,(H,16,18,19). The monoisotopic (exact) mass is 325 g/mol. The van der Waals surface area contributed by atoms with Crippen molar-refractivity contribution in [3.05, 3.63) is 45.5 Å². The Bertz CT molecular complexity index is 793. The van der Waals surface area contributed by atoms with Crippen LogP contribution >= 0.6 is 34.8 Å². The second-order valence-electron chi connectivity index (χ2n) is 3.89. The molecule has 0 unspecified atom stereocenters. The molecule has 0 aliphatic rings. The molecule has 0 fully saturated rings. The lowest BCUT2D eigenvalue weighted by Gasteiger charge is -2.07. The number of benzene rings is 1. The maximum Gasteiger partial charge on any atom is 0.183 e. The average molecular weight is 327 g/mol. The van der Waals surface area contributed by atoms with Crippen LogP contribution in [0.15, 0.2) is 30.3 Å². The molecule has 100 valence electrons. The molecule has 1 aromatic carbocycles. The number of halogens is 3. The van der Waals surface area contributed by atoms with Crippen molar-refractivity contribution < 1.29 is 0 Å². The van der Waals surface area contributed by atoms with E-state index in [0.717, 1.165) is 0 Å². The lowest BCUT2D eigenvalue weighted by atomic mass is 10.3. The normalized spacial score (nSPS) is 10.8. The van der Waals surface area contributed by atoms with Crippen molar-refractivity contribution in [2.45, 2.75) is 0 Å². The van der Waals surface area contributed by atoms with Crippen LogP contribution in [0.5, 0.6) is 0 Å².